The molecule has 5 heteroatoms. The molecule has 1 aliphatic rings. The zero-order valence-electron chi connectivity index (χ0n) is 14.4. The van der Waals surface area contributed by atoms with Crippen LogP contribution in [0.2, 0.25) is 0 Å². The Morgan fingerprint density at radius 3 is 2.57 bits per heavy atom. The lowest BCUT2D eigenvalue weighted by molar-refractivity contribution is -0.136. The Hall–Kier alpha value is -1.04. The third-order valence-electron chi connectivity index (χ3n) is 4.50. The van der Waals surface area contributed by atoms with Gasteiger partial charge in [-0.05, 0) is 56.3 Å². The van der Waals surface area contributed by atoms with Crippen LogP contribution in [0, 0.1) is 5.41 Å². The van der Waals surface area contributed by atoms with Gasteiger partial charge in [0.25, 0.3) is 0 Å². The highest BCUT2D eigenvalue weighted by molar-refractivity contribution is 7.99. The largest absolute Gasteiger partial charge is 0.384 e. The minimum absolute atomic E-state index is 0.00629. The maximum atomic E-state index is 12.8. The molecule has 0 bridgehead atoms. The van der Waals surface area contributed by atoms with E-state index in [2.05, 4.69) is 41.8 Å². The molecule has 0 aromatic heterocycles. The summed E-state index contributed by atoms with van der Waals surface area (Å²) in [7, 11) is 1.67. The highest BCUT2D eigenvalue weighted by Crippen LogP contribution is 2.30. The van der Waals surface area contributed by atoms with Crippen LogP contribution in [0.1, 0.15) is 38.3 Å². The Morgan fingerprint density at radius 1 is 1.35 bits per heavy atom. The second kappa shape index (κ2) is 8.71. The van der Waals surface area contributed by atoms with E-state index in [0.29, 0.717) is 6.61 Å². The lowest BCUT2D eigenvalue weighted by Gasteiger charge is -2.36. The Balaban J connectivity index is 2.02. The molecule has 1 heterocycles. The summed E-state index contributed by atoms with van der Waals surface area (Å²) in [6, 6.07) is 8.47. The fraction of sp³-hybridized carbons (Fsp3) is 0.611. The number of nitrogens with one attached hydrogen (secondary N) is 2. The fourth-order valence-corrected chi connectivity index (χ4v) is 3.73. The van der Waals surface area contributed by atoms with Crippen molar-refractivity contribution >= 4 is 17.7 Å². The summed E-state index contributed by atoms with van der Waals surface area (Å²) in [4.78, 5) is 14.1. The monoisotopic (exact) mass is 336 g/mol. The minimum Gasteiger partial charge on any atom is -0.384 e. The normalized spacial score (nSPS) is 18.4. The van der Waals surface area contributed by atoms with Crippen LogP contribution in [0.4, 0.5) is 0 Å². The second-order valence-electron chi connectivity index (χ2n) is 6.16. The molecule has 0 saturated carbocycles. The van der Waals surface area contributed by atoms with Gasteiger partial charge in [0.05, 0.1) is 18.1 Å². The van der Waals surface area contributed by atoms with Gasteiger partial charge in [0.15, 0.2) is 0 Å². The van der Waals surface area contributed by atoms with Gasteiger partial charge >= 0.3 is 0 Å². The van der Waals surface area contributed by atoms with Crippen LogP contribution in [0.5, 0.6) is 0 Å². The predicted molar refractivity (Wildman–Crippen MR) is 95.8 cm³/mol. The first-order chi connectivity index (χ1) is 11.1. The van der Waals surface area contributed by atoms with E-state index < -0.39 is 5.41 Å². The first-order valence-corrected chi connectivity index (χ1v) is 9.33. The molecule has 1 aromatic carbocycles. The lowest BCUT2D eigenvalue weighted by Crippen LogP contribution is -2.50. The van der Waals surface area contributed by atoms with Gasteiger partial charge in [-0.15, -0.1) is 11.8 Å². The van der Waals surface area contributed by atoms with Crippen molar-refractivity contribution in [3.8, 4) is 0 Å². The highest BCUT2D eigenvalue weighted by atomic mass is 32.2. The molecule has 1 saturated heterocycles. The highest BCUT2D eigenvalue weighted by Gasteiger charge is 2.40. The number of carbonyl (C=O) groups excluding carboxylic acids is 1. The van der Waals surface area contributed by atoms with E-state index >= 15 is 0 Å². The van der Waals surface area contributed by atoms with E-state index in [-0.39, 0.29) is 11.9 Å². The molecular formula is C18H28N2O2S. The quantitative estimate of drug-likeness (QED) is 0.752. The lowest BCUT2D eigenvalue weighted by atomic mass is 9.78. The van der Waals surface area contributed by atoms with Crippen LogP contribution >= 0.6 is 11.8 Å². The van der Waals surface area contributed by atoms with Crippen molar-refractivity contribution in [3.63, 3.8) is 0 Å². The number of rotatable bonds is 7. The molecule has 1 amide bonds. The van der Waals surface area contributed by atoms with Gasteiger partial charge in [-0.2, -0.15) is 0 Å². The smallest absolute Gasteiger partial charge is 0.229 e. The number of piperidine rings is 1. The van der Waals surface area contributed by atoms with Crippen LogP contribution in [-0.4, -0.2) is 38.5 Å². The van der Waals surface area contributed by atoms with Crippen LogP contribution in [0.15, 0.2) is 29.2 Å². The molecule has 1 aromatic rings. The molecule has 0 radical (unpaired) electrons. The van der Waals surface area contributed by atoms with Gasteiger partial charge in [-0.1, -0.05) is 19.1 Å². The van der Waals surface area contributed by atoms with Crippen molar-refractivity contribution in [3.05, 3.63) is 29.8 Å². The summed E-state index contributed by atoms with van der Waals surface area (Å²) in [6.07, 6.45) is 1.65. The molecule has 4 nitrogen and oxygen atoms in total. The second-order valence-corrected chi connectivity index (χ2v) is 7.50. The van der Waals surface area contributed by atoms with Crippen LogP contribution in [0.3, 0.4) is 0 Å². The summed E-state index contributed by atoms with van der Waals surface area (Å²) < 4.78 is 5.34. The third kappa shape index (κ3) is 4.72. The van der Waals surface area contributed by atoms with Gasteiger partial charge < -0.3 is 15.4 Å². The van der Waals surface area contributed by atoms with Gasteiger partial charge in [0.2, 0.25) is 5.91 Å². The summed E-state index contributed by atoms with van der Waals surface area (Å²) in [6.45, 7) is 6.42. The van der Waals surface area contributed by atoms with Crippen molar-refractivity contribution in [1.82, 2.24) is 10.6 Å². The van der Waals surface area contributed by atoms with E-state index in [4.69, 9.17) is 4.74 Å². The predicted octanol–water partition coefficient (Wildman–Crippen LogP) is 2.99. The van der Waals surface area contributed by atoms with Crippen LogP contribution in [-0.2, 0) is 9.53 Å². The maximum absolute atomic E-state index is 12.8. The number of methoxy groups -OCH3 is 1. The molecule has 1 fully saturated rings. The average molecular weight is 337 g/mol. The Kier molecular flexibility index (Phi) is 6.93. The van der Waals surface area contributed by atoms with E-state index in [9.17, 15) is 4.79 Å². The topological polar surface area (TPSA) is 50.4 Å². The number of carbonyl (C=O) groups is 1. The number of ether oxygens (including phenoxy) is 1. The summed E-state index contributed by atoms with van der Waals surface area (Å²) in [5.74, 6) is 1.18. The average Bonchev–Trinajstić information content (AvgIpc) is 2.57. The van der Waals surface area contributed by atoms with Gasteiger partial charge in [-0.3, -0.25) is 4.79 Å². The fourth-order valence-electron chi connectivity index (χ4n) is 3.07. The third-order valence-corrected chi connectivity index (χ3v) is 5.40. The molecule has 1 aliphatic heterocycles. The summed E-state index contributed by atoms with van der Waals surface area (Å²) >= 11 is 1.83. The summed E-state index contributed by atoms with van der Waals surface area (Å²) in [5, 5.41) is 6.51. The van der Waals surface area contributed by atoms with Crippen molar-refractivity contribution in [2.75, 3.05) is 32.6 Å². The Labute approximate surface area is 143 Å². The van der Waals surface area contributed by atoms with E-state index in [0.717, 1.165) is 37.2 Å². The number of thioether (sulfide) groups is 1. The van der Waals surface area contributed by atoms with Crippen molar-refractivity contribution in [2.24, 2.45) is 5.41 Å². The molecule has 23 heavy (non-hydrogen) atoms. The summed E-state index contributed by atoms with van der Waals surface area (Å²) in [5.41, 5.74) is 0.743. The van der Waals surface area contributed by atoms with Gasteiger partial charge in [-0.25, -0.2) is 0 Å². The number of benzene rings is 1. The minimum atomic E-state index is -0.397. The Bertz CT molecular complexity index is 493. The SMILES string of the molecule is CCSc1ccc(C(C)NC(=O)C2(COC)CCNCC2)cc1. The first kappa shape index (κ1) is 18.3. The number of amides is 1. The van der Waals surface area contributed by atoms with Crippen LogP contribution in [0.25, 0.3) is 0 Å². The first-order valence-electron chi connectivity index (χ1n) is 8.34. The zero-order valence-corrected chi connectivity index (χ0v) is 15.2. The Morgan fingerprint density at radius 2 is 2.00 bits per heavy atom. The van der Waals surface area contributed by atoms with Gasteiger partial charge in [0, 0.05) is 12.0 Å². The van der Waals surface area contributed by atoms with Crippen molar-refractivity contribution < 1.29 is 9.53 Å². The van der Waals surface area contributed by atoms with E-state index in [1.807, 2.05) is 18.7 Å². The molecule has 2 N–H and O–H groups in total. The maximum Gasteiger partial charge on any atom is 0.229 e. The van der Waals surface area contributed by atoms with Crippen molar-refractivity contribution in [2.45, 2.75) is 37.6 Å². The molecular weight excluding hydrogens is 308 g/mol. The molecule has 2 rings (SSSR count). The zero-order chi connectivity index (χ0) is 16.7. The molecule has 0 aliphatic carbocycles. The van der Waals surface area contributed by atoms with Crippen molar-refractivity contribution in [1.29, 1.82) is 0 Å². The number of hydrogen-bond donors (Lipinski definition) is 2. The number of hydrogen-bond acceptors (Lipinski definition) is 4. The van der Waals surface area contributed by atoms with Gasteiger partial charge in [0.1, 0.15) is 0 Å². The molecule has 1 atom stereocenters. The molecule has 128 valence electrons. The molecule has 0 spiro atoms. The standard InChI is InChI=1S/C18H28N2O2S/c1-4-23-16-7-5-15(6-8-16)14(2)20-17(21)18(13-22-3)9-11-19-12-10-18/h5-8,14,19H,4,9-13H2,1-3H3,(H,20,21). The van der Waals surface area contributed by atoms with Crippen LogP contribution < -0.4 is 10.6 Å². The van der Waals surface area contributed by atoms with E-state index in [1.54, 1.807) is 7.11 Å². The molecule has 1 unspecified atom stereocenters. The van der Waals surface area contributed by atoms with E-state index in [1.165, 1.54) is 4.90 Å².